The van der Waals surface area contributed by atoms with Crippen molar-refractivity contribution in [1.29, 1.82) is 0 Å². The van der Waals surface area contributed by atoms with Crippen LogP contribution >= 0.6 is 11.8 Å². The third kappa shape index (κ3) is 3.15. The summed E-state index contributed by atoms with van der Waals surface area (Å²) in [5.74, 6) is 0.584. The van der Waals surface area contributed by atoms with E-state index in [0.717, 1.165) is 20.8 Å². The molecule has 0 radical (unpaired) electrons. The Morgan fingerprint density at radius 2 is 1.95 bits per heavy atom. The Morgan fingerprint density at radius 3 is 2.68 bits per heavy atom. The van der Waals surface area contributed by atoms with Crippen molar-refractivity contribution >= 4 is 34.8 Å². The lowest BCUT2D eigenvalue weighted by molar-refractivity contribution is 0.186. The summed E-state index contributed by atoms with van der Waals surface area (Å²) in [5, 5.41) is 11.8. The van der Waals surface area contributed by atoms with Crippen LogP contribution in [0.3, 0.4) is 0 Å². The Hall–Kier alpha value is -2.67. The zero-order valence-corrected chi connectivity index (χ0v) is 12.5. The van der Waals surface area contributed by atoms with Crippen LogP contribution in [0.15, 0.2) is 52.3 Å². The molecule has 0 fully saturated rings. The molecule has 0 bridgehead atoms. The van der Waals surface area contributed by atoms with E-state index in [1.54, 1.807) is 23.9 Å². The van der Waals surface area contributed by atoms with Gasteiger partial charge in [-0.05, 0) is 42.5 Å². The standard InChI is InChI=1S/C15H13N3O3S/c1-21-15(20)18-14-16-12-7-6-11(8-13(12)17-14)22-10-4-2-9(19)3-5-10/h2-8,19H,1H3,(H2,16,17,18,20). The summed E-state index contributed by atoms with van der Waals surface area (Å²) < 4.78 is 4.53. The van der Waals surface area contributed by atoms with Gasteiger partial charge in [-0.15, -0.1) is 0 Å². The molecule has 112 valence electrons. The molecule has 7 heteroatoms. The molecule has 22 heavy (non-hydrogen) atoms. The van der Waals surface area contributed by atoms with Crippen LogP contribution in [0.2, 0.25) is 0 Å². The molecule has 0 saturated heterocycles. The highest BCUT2D eigenvalue weighted by atomic mass is 32.2. The summed E-state index contributed by atoms with van der Waals surface area (Å²) in [6.45, 7) is 0. The maximum atomic E-state index is 11.2. The summed E-state index contributed by atoms with van der Waals surface area (Å²) in [6, 6.07) is 12.8. The van der Waals surface area contributed by atoms with E-state index in [1.165, 1.54) is 7.11 Å². The number of aromatic amines is 1. The molecule has 1 heterocycles. The second-order valence-electron chi connectivity index (χ2n) is 4.48. The molecule has 2 aromatic carbocycles. The number of amides is 1. The van der Waals surface area contributed by atoms with Crippen molar-refractivity contribution < 1.29 is 14.6 Å². The van der Waals surface area contributed by atoms with Gasteiger partial charge in [0.1, 0.15) is 5.75 Å². The van der Waals surface area contributed by atoms with Gasteiger partial charge in [-0.2, -0.15) is 0 Å². The number of methoxy groups -OCH3 is 1. The SMILES string of the molecule is COC(=O)Nc1nc2ccc(Sc3ccc(O)cc3)cc2[nH]1. The quantitative estimate of drug-likeness (QED) is 0.687. The lowest BCUT2D eigenvalue weighted by Gasteiger charge is -2.01. The van der Waals surface area contributed by atoms with E-state index in [-0.39, 0.29) is 5.75 Å². The number of carbonyl (C=O) groups excluding carboxylic acids is 1. The fourth-order valence-corrected chi connectivity index (χ4v) is 2.77. The third-order valence-electron chi connectivity index (χ3n) is 2.93. The van der Waals surface area contributed by atoms with Gasteiger partial charge in [0.2, 0.25) is 5.95 Å². The van der Waals surface area contributed by atoms with Crippen LogP contribution in [0.25, 0.3) is 11.0 Å². The van der Waals surface area contributed by atoms with E-state index >= 15 is 0 Å². The van der Waals surface area contributed by atoms with Gasteiger partial charge in [0.25, 0.3) is 0 Å². The number of ether oxygens (including phenoxy) is 1. The van der Waals surface area contributed by atoms with Crippen LogP contribution in [-0.2, 0) is 4.74 Å². The number of rotatable bonds is 3. The average molecular weight is 315 g/mol. The normalized spacial score (nSPS) is 10.6. The zero-order valence-electron chi connectivity index (χ0n) is 11.7. The summed E-state index contributed by atoms with van der Waals surface area (Å²) in [4.78, 5) is 20.5. The number of phenolic OH excluding ortho intramolecular Hbond substituents is 1. The number of fused-ring (bicyclic) bond motifs is 1. The number of imidazole rings is 1. The van der Waals surface area contributed by atoms with Gasteiger partial charge in [-0.3, -0.25) is 5.32 Å². The van der Waals surface area contributed by atoms with E-state index in [1.807, 2.05) is 30.3 Å². The highest BCUT2D eigenvalue weighted by Gasteiger charge is 2.07. The van der Waals surface area contributed by atoms with Crippen LogP contribution in [0.1, 0.15) is 0 Å². The van der Waals surface area contributed by atoms with E-state index in [4.69, 9.17) is 0 Å². The first-order chi connectivity index (χ1) is 10.6. The molecule has 0 saturated carbocycles. The molecule has 3 aromatic rings. The van der Waals surface area contributed by atoms with Crippen LogP contribution in [0.5, 0.6) is 5.75 Å². The number of hydrogen-bond acceptors (Lipinski definition) is 5. The van der Waals surface area contributed by atoms with Gasteiger partial charge < -0.3 is 14.8 Å². The van der Waals surface area contributed by atoms with Gasteiger partial charge in [-0.25, -0.2) is 9.78 Å². The molecule has 1 aromatic heterocycles. The van der Waals surface area contributed by atoms with E-state index < -0.39 is 6.09 Å². The Kier molecular flexibility index (Phi) is 3.88. The number of anilines is 1. The largest absolute Gasteiger partial charge is 0.508 e. The maximum absolute atomic E-state index is 11.2. The van der Waals surface area contributed by atoms with E-state index in [9.17, 15) is 9.90 Å². The summed E-state index contributed by atoms with van der Waals surface area (Å²) in [6.07, 6.45) is -0.572. The number of hydrogen-bond donors (Lipinski definition) is 3. The minimum absolute atomic E-state index is 0.242. The monoisotopic (exact) mass is 315 g/mol. The average Bonchev–Trinajstić information content (AvgIpc) is 2.91. The molecule has 1 amide bonds. The number of H-pyrrole nitrogens is 1. The molecular formula is C15H13N3O3S. The Bertz CT molecular complexity index is 815. The second-order valence-corrected chi connectivity index (χ2v) is 5.62. The number of benzene rings is 2. The van der Waals surface area contributed by atoms with Crippen molar-refractivity contribution in [3.63, 3.8) is 0 Å². The topological polar surface area (TPSA) is 87.2 Å². The van der Waals surface area contributed by atoms with Crippen LogP contribution < -0.4 is 5.32 Å². The molecule has 0 spiro atoms. The van der Waals surface area contributed by atoms with Gasteiger partial charge in [-0.1, -0.05) is 11.8 Å². The van der Waals surface area contributed by atoms with Gasteiger partial charge in [0.05, 0.1) is 18.1 Å². The zero-order chi connectivity index (χ0) is 15.5. The molecular weight excluding hydrogens is 302 g/mol. The molecule has 0 atom stereocenters. The first-order valence-corrected chi connectivity index (χ1v) is 7.27. The van der Waals surface area contributed by atoms with Crippen molar-refractivity contribution in [2.45, 2.75) is 9.79 Å². The van der Waals surface area contributed by atoms with Crippen molar-refractivity contribution in [3.05, 3.63) is 42.5 Å². The fourth-order valence-electron chi connectivity index (χ4n) is 1.91. The number of phenols is 1. The first kappa shape index (κ1) is 14.3. The fraction of sp³-hybridized carbons (Fsp3) is 0.0667. The highest BCUT2D eigenvalue weighted by molar-refractivity contribution is 7.99. The van der Waals surface area contributed by atoms with Crippen LogP contribution in [0.4, 0.5) is 10.7 Å². The maximum Gasteiger partial charge on any atom is 0.413 e. The van der Waals surface area contributed by atoms with Gasteiger partial charge >= 0.3 is 6.09 Å². The minimum Gasteiger partial charge on any atom is -0.508 e. The van der Waals surface area contributed by atoms with Crippen molar-refractivity contribution in [1.82, 2.24) is 9.97 Å². The third-order valence-corrected chi connectivity index (χ3v) is 3.93. The number of carbonyl (C=O) groups is 1. The van der Waals surface area contributed by atoms with E-state index in [0.29, 0.717) is 5.95 Å². The number of aromatic nitrogens is 2. The Labute approximate surface area is 130 Å². The first-order valence-electron chi connectivity index (χ1n) is 6.45. The summed E-state index contributed by atoms with van der Waals surface area (Å²) in [5.41, 5.74) is 1.57. The molecule has 0 aliphatic rings. The molecule has 0 aliphatic carbocycles. The lowest BCUT2D eigenvalue weighted by Crippen LogP contribution is -2.11. The highest BCUT2D eigenvalue weighted by Crippen LogP contribution is 2.30. The summed E-state index contributed by atoms with van der Waals surface area (Å²) >= 11 is 1.57. The predicted molar refractivity (Wildman–Crippen MR) is 84.4 cm³/mol. The molecule has 3 N–H and O–H groups in total. The Morgan fingerprint density at radius 1 is 1.23 bits per heavy atom. The molecule has 0 aliphatic heterocycles. The number of aromatic hydroxyl groups is 1. The van der Waals surface area contributed by atoms with Crippen molar-refractivity contribution in [3.8, 4) is 5.75 Å². The second kappa shape index (κ2) is 5.98. The predicted octanol–water partition coefficient (Wildman–Crippen LogP) is 3.60. The molecule has 0 unspecified atom stereocenters. The lowest BCUT2D eigenvalue weighted by atomic mass is 10.3. The number of nitrogens with one attached hydrogen (secondary N) is 2. The Balaban J connectivity index is 1.83. The van der Waals surface area contributed by atoms with Crippen LogP contribution in [-0.4, -0.2) is 28.3 Å². The van der Waals surface area contributed by atoms with Crippen molar-refractivity contribution in [2.24, 2.45) is 0 Å². The van der Waals surface area contributed by atoms with Gasteiger partial charge in [0.15, 0.2) is 0 Å². The summed E-state index contributed by atoms with van der Waals surface area (Å²) in [7, 11) is 1.30. The van der Waals surface area contributed by atoms with Crippen LogP contribution in [0, 0.1) is 0 Å². The van der Waals surface area contributed by atoms with E-state index in [2.05, 4.69) is 20.0 Å². The smallest absolute Gasteiger partial charge is 0.413 e. The molecule has 6 nitrogen and oxygen atoms in total. The van der Waals surface area contributed by atoms with Crippen molar-refractivity contribution in [2.75, 3.05) is 12.4 Å². The molecule has 3 rings (SSSR count). The van der Waals surface area contributed by atoms with Gasteiger partial charge in [0, 0.05) is 9.79 Å². The minimum atomic E-state index is -0.572. The number of nitrogens with zero attached hydrogens (tertiary/aromatic N) is 1.